The summed E-state index contributed by atoms with van der Waals surface area (Å²) in [6, 6.07) is 1.88. The molecule has 0 aliphatic carbocycles. The van der Waals surface area contributed by atoms with Gasteiger partial charge in [0, 0.05) is 50.2 Å². The number of urea groups is 1. The number of amides is 3. The fraction of sp³-hybridized carbons (Fsp3) is 0.647. The van der Waals surface area contributed by atoms with Crippen molar-refractivity contribution in [3.05, 3.63) is 23.0 Å². The third-order valence-corrected chi connectivity index (χ3v) is 4.34. The summed E-state index contributed by atoms with van der Waals surface area (Å²) in [5.41, 5.74) is 2.58. The maximum atomic E-state index is 12.7. The smallest absolute Gasteiger partial charge is 0.317 e. The molecule has 1 aromatic heterocycles. The van der Waals surface area contributed by atoms with Crippen LogP contribution in [0, 0.1) is 13.8 Å². The lowest BCUT2D eigenvalue weighted by Crippen LogP contribution is -2.56. The Hall–Kier alpha value is -1.98. The van der Waals surface area contributed by atoms with Crippen LogP contribution in [0.5, 0.6) is 0 Å². The van der Waals surface area contributed by atoms with Crippen molar-refractivity contribution >= 4 is 11.9 Å². The van der Waals surface area contributed by atoms with E-state index in [0.29, 0.717) is 26.2 Å². The Balaban J connectivity index is 1.97. The van der Waals surface area contributed by atoms with Crippen molar-refractivity contribution in [3.8, 4) is 0 Å². The second-order valence-corrected chi connectivity index (χ2v) is 7.30. The molecule has 23 heavy (non-hydrogen) atoms. The maximum Gasteiger partial charge on any atom is 0.317 e. The third-order valence-electron chi connectivity index (χ3n) is 4.34. The molecule has 0 spiro atoms. The molecule has 2 heterocycles. The quantitative estimate of drug-likeness (QED) is 0.859. The average Bonchev–Trinajstić information content (AvgIpc) is 2.72. The van der Waals surface area contributed by atoms with Crippen LogP contribution in [0.15, 0.2) is 6.07 Å². The number of hydrogen-bond donors (Lipinski definition) is 1. The molecular formula is C17H28N4O2. The van der Waals surface area contributed by atoms with Crippen LogP contribution in [-0.4, -0.2) is 58.0 Å². The first kappa shape index (κ1) is 17.4. The molecule has 128 valence electrons. The standard InChI is InChI=1S/C17H28N4O2/c1-12-11-14(13(2)19(12)6)15(22)20-7-9-21(10-8-20)16(23)18-17(3,4)5/h11H,7-10H2,1-6H3,(H,18,23). The number of hydrogen-bond acceptors (Lipinski definition) is 2. The zero-order chi connectivity index (χ0) is 17.4. The lowest BCUT2D eigenvalue weighted by Gasteiger charge is -2.36. The molecule has 1 aromatic rings. The molecule has 6 heteroatoms. The van der Waals surface area contributed by atoms with E-state index in [2.05, 4.69) is 5.32 Å². The van der Waals surface area contributed by atoms with Crippen LogP contribution in [0.25, 0.3) is 0 Å². The minimum atomic E-state index is -0.247. The number of rotatable bonds is 1. The van der Waals surface area contributed by atoms with Gasteiger partial charge in [-0.1, -0.05) is 0 Å². The Morgan fingerprint density at radius 1 is 1.04 bits per heavy atom. The fourth-order valence-electron chi connectivity index (χ4n) is 2.75. The molecule has 0 unspecified atom stereocenters. The van der Waals surface area contributed by atoms with E-state index in [1.54, 1.807) is 4.90 Å². The van der Waals surface area contributed by atoms with Crippen molar-refractivity contribution in [1.29, 1.82) is 0 Å². The van der Waals surface area contributed by atoms with Crippen LogP contribution in [0.1, 0.15) is 42.5 Å². The van der Waals surface area contributed by atoms with E-state index in [1.165, 1.54) is 0 Å². The summed E-state index contributed by atoms with van der Waals surface area (Å²) in [5.74, 6) is 0.0575. The van der Waals surface area contributed by atoms with Gasteiger partial charge in [-0.25, -0.2) is 4.79 Å². The summed E-state index contributed by atoms with van der Waals surface area (Å²) in [7, 11) is 1.97. The van der Waals surface area contributed by atoms with Gasteiger partial charge in [-0.3, -0.25) is 4.79 Å². The minimum Gasteiger partial charge on any atom is -0.351 e. The van der Waals surface area contributed by atoms with Crippen LogP contribution in [0.3, 0.4) is 0 Å². The Morgan fingerprint density at radius 3 is 2.00 bits per heavy atom. The number of carbonyl (C=O) groups excluding carboxylic acids is 2. The van der Waals surface area contributed by atoms with E-state index in [0.717, 1.165) is 17.0 Å². The molecular weight excluding hydrogens is 292 g/mol. The van der Waals surface area contributed by atoms with Gasteiger partial charge >= 0.3 is 6.03 Å². The number of carbonyl (C=O) groups is 2. The monoisotopic (exact) mass is 320 g/mol. The second kappa shape index (κ2) is 6.26. The van der Waals surface area contributed by atoms with Gasteiger partial charge in [-0.05, 0) is 40.7 Å². The molecule has 0 aromatic carbocycles. The molecule has 2 rings (SSSR count). The normalized spacial score (nSPS) is 15.7. The van der Waals surface area contributed by atoms with Gasteiger partial charge in [0.1, 0.15) is 0 Å². The van der Waals surface area contributed by atoms with Crippen molar-refractivity contribution in [2.24, 2.45) is 7.05 Å². The predicted octanol–water partition coefficient (Wildman–Crippen LogP) is 1.91. The van der Waals surface area contributed by atoms with Crippen LogP contribution in [-0.2, 0) is 7.05 Å². The van der Waals surface area contributed by atoms with Crippen LogP contribution < -0.4 is 5.32 Å². The summed E-state index contributed by atoms with van der Waals surface area (Å²) in [6.07, 6.45) is 0. The van der Waals surface area contributed by atoms with Crippen molar-refractivity contribution in [2.45, 2.75) is 40.2 Å². The molecule has 1 N–H and O–H groups in total. The van der Waals surface area contributed by atoms with Crippen molar-refractivity contribution in [1.82, 2.24) is 19.7 Å². The van der Waals surface area contributed by atoms with Gasteiger partial charge in [-0.15, -0.1) is 0 Å². The van der Waals surface area contributed by atoms with Gasteiger partial charge < -0.3 is 19.7 Å². The molecule has 0 bridgehead atoms. The zero-order valence-corrected chi connectivity index (χ0v) is 15.1. The first-order chi connectivity index (χ1) is 10.6. The van der Waals surface area contributed by atoms with Gasteiger partial charge in [0.2, 0.25) is 0 Å². The summed E-state index contributed by atoms with van der Waals surface area (Å²) in [5, 5.41) is 2.96. The summed E-state index contributed by atoms with van der Waals surface area (Å²) in [6.45, 7) is 12.1. The van der Waals surface area contributed by atoms with E-state index < -0.39 is 0 Å². The molecule has 0 atom stereocenters. The highest BCUT2D eigenvalue weighted by Gasteiger charge is 2.27. The number of nitrogens with one attached hydrogen (secondary N) is 1. The van der Waals surface area contributed by atoms with Crippen molar-refractivity contribution in [3.63, 3.8) is 0 Å². The molecule has 1 aliphatic rings. The van der Waals surface area contributed by atoms with Crippen LogP contribution >= 0.6 is 0 Å². The van der Waals surface area contributed by atoms with E-state index in [-0.39, 0.29) is 17.5 Å². The molecule has 1 fully saturated rings. The maximum absolute atomic E-state index is 12.7. The first-order valence-corrected chi connectivity index (χ1v) is 8.09. The van der Waals surface area contributed by atoms with Gasteiger partial charge in [-0.2, -0.15) is 0 Å². The topological polar surface area (TPSA) is 57.6 Å². The predicted molar refractivity (Wildman–Crippen MR) is 90.6 cm³/mol. The van der Waals surface area contributed by atoms with Crippen LogP contribution in [0.2, 0.25) is 0 Å². The lowest BCUT2D eigenvalue weighted by atomic mass is 10.1. The average molecular weight is 320 g/mol. The number of aryl methyl sites for hydroxylation is 1. The van der Waals surface area contributed by atoms with Gasteiger partial charge in [0.05, 0.1) is 5.56 Å². The Morgan fingerprint density at radius 2 is 1.57 bits per heavy atom. The third kappa shape index (κ3) is 3.86. The first-order valence-electron chi connectivity index (χ1n) is 8.09. The SMILES string of the molecule is Cc1cc(C(=O)N2CCN(C(=O)NC(C)(C)C)CC2)c(C)n1C. The largest absolute Gasteiger partial charge is 0.351 e. The molecule has 0 radical (unpaired) electrons. The minimum absolute atomic E-state index is 0.0575. The molecule has 3 amide bonds. The summed E-state index contributed by atoms with van der Waals surface area (Å²) in [4.78, 5) is 28.5. The highest BCUT2D eigenvalue weighted by atomic mass is 16.2. The van der Waals surface area contributed by atoms with E-state index in [1.807, 2.05) is 57.2 Å². The summed E-state index contributed by atoms with van der Waals surface area (Å²) < 4.78 is 2.03. The second-order valence-electron chi connectivity index (χ2n) is 7.30. The molecule has 1 aliphatic heterocycles. The lowest BCUT2D eigenvalue weighted by molar-refractivity contribution is 0.0660. The Bertz CT molecular complexity index is 605. The van der Waals surface area contributed by atoms with Crippen molar-refractivity contribution in [2.75, 3.05) is 26.2 Å². The fourth-order valence-corrected chi connectivity index (χ4v) is 2.75. The van der Waals surface area contributed by atoms with E-state index >= 15 is 0 Å². The molecule has 1 saturated heterocycles. The number of piperazine rings is 1. The highest BCUT2D eigenvalue weighted by Crippen LogP contribution is 2.17. The highest BCUT2D eigenvalue weighted by molar-refractivity contribution is 5.96. The van der Waals surface area contributed by atoms with E-state index in [4.69, 9.17) is 0 Å². The Kier molecular flexibility index (Phi) is 4.73. The van der Waals surface area contributed by atoms with Gasteiger partial charge in [0.15, 0.2) is 0 Å². The van der Waals surface area contributed by atoms with E-state index in [9.17, 15) is 9.59 Å². The van der Waals surface area contributed by atoms with Crippen LogP contribution in [0.4, 0.5) is 4.79 Å². The molecule has 0 saturated carbocycles. The van der Waals surface area contributed by atoms with Gasteiger partial charge in [0.25, 0.3) is 5.91 Å². The Labute approximate surface area is 138 Å². The van der Waals surface area contributed by atoms with Crippen molar-refractivity contribution < 1.29 is 9.59 Å². The zero-order valence-electron chi connectivity index (χ0n) is 15.1. The summed E-state index contributed by atoms with van der Waals surface area (Å²) >= 11 is 0. The molecule has 6 nitrogen and oxygen atoms in total. The number of aromatic nitrogens is 1. The number of nitrogens with zero attached hydrogens (tertiary/aromatic N) is 3.